The number of ether oxygens (including phenoxy) is 2. The van der Waals surface area contributed by atoms with E-state index in [1.165, 1.54) is 5.56 Å². The van der Waals surface area contributed by atoms with E-state index in [1.807, 2.05) is 30.3 Å². The van der Waals surface area contributed by atoms with Crippen LogP contribution in [0.3, 0.4) is 0 Å². The van der Waals surface area contributed by atoms with Crippen molar-refractivity contribution in [3.63, 3.8) is 0 Å². The number of benzene rings is 2. The van der Waals surface area contributed by atoms with Crippen molar-refractivity contribution in [3.8, 4) is 11.5 Å². The third-order valence-electron chi connectivity index (χ3n) is 4.86. The Kier molecular flexibility index (Phi) is 4.77. The normalized spacial score (nSPS) is 22.2. The Morgan fingerprint density at radius 3 is 2.65 bits per heavy atom. The first-order chi connectivity index (χ1) is 12.7. The summed E-state index contributed by atoms with van der Waals surface area (Å²) in [5, 5.41) is 2.93. The number of rotatable bonds is 4. The number of carbonyl (C=O) groups excluding carboxylic acids is 1. The van der Waals surface area contributed by atoms with E-state index in [1.54, 1.807) is 6.07 Å². The Hall–Kier alpha value is -2.57. The van der Waals surface area contributed by atoms with Crippen LogP contribution in [0.1, 0.15) is 11.5 Å². The van der Waals surface area contributed by atoms with E-state index < -0.39 is 0 Å². The second-order valence-corrected chi connectivity index (χ2v) is 6.78. The van der Waals surface area contributed by atoms with Crippen molar-refractivity contribution in [2.24, 2.45) is 5.73 Å². The van der Waals surface area contributed by atoms with E-state index in [4.69, 9.17) is 15.2 Å². The zero-order valence-electron chi connectivity index (χ0n) is 14.6. The van der Waals surface area contributed by atoms with Crippen LogP contribution >= 0.6 is 0 Å². The molecule has 0 aliphatic carbocycles. The number of nitrogens with two attached hydrogens (primary N) is 1. The average Bonchev–Trinajstić information content (AvgIpc) is 3.02. The summed E-state index contributed by atoms with van der Waals surface area (Å²) < 4.78 is 11.0. The van der Waals surface area contributed by atoms with Crippen molar-refractivity contribution in [2.45, 2.75) is 12.0 Å². The molecule has 1 fully saturated rings. The maximum atomic E-state index is 12.4. The van der Waals surface area contributed by atoms with Gasteiger partial charge in [-0.25, -0.2) is 0 Å². The monoisotopic (exact) mass is 353 g/mol. The molecular weight excluding hydrogens is 330 g/mol. The molecule has 0 aromatic heterocycles. The summed E-state index contributed by atoms with van der Waals surface area (Å²) in [6.07, 6.45) is 0. The minimum Gasteiger partial charge on any atom is -0.486 e. The predicted molar refractivity (Wildman–Crippen MR) is 99.7 cm³/mol. The fourth-order valence-corrected chi connectivity index (χ4v) is 3.62. The maximum absolute atomic E-state index is 12.4. The lowest BCUT2D eigenvalue weighted by Gasteiger charge is -2.19. The van der Waals surface area contributed by atoms with Gasteiger partial charge in [-0.05, 0) is 17.7 Å². The highest BCUT2D eigenvalue weighted by Gasteiger charge is 2.32. The molecule has 0 saturated carbocycles. The van der Waals surface area contributed by atoms with Crippen molar-refractivity contribution >= 4 is 11.6 Å². The summed E-state index contributed by atoms with van der Waals surface area (Å²) in [7, 11) is 0. The van der Waals surface area contributed by atoms with E-state index in [2.05, 4.69) is 22.3 Å². The molecule has 2 aromatic carbocycles. The van der Waals surface area contributed by atoms with Crippen LogP contribution in [0.5, 0.6) is 11.5 Å². The van der Waals surface area contributed by atoms with Crippen molar-refractivity contribution in [1.82, 2.24) is 4.90 Å². The molecule has 2 aliphatic rings. The van der Waals surface area contributed by atoms with E-state index in [0.717, 1.165) is 6.54 Å². The fourth-order valence-electron chi connectivity index (χ4n) is 3.62. The van der Waals surface area contributed by atoms with Gasteiger partial charge in [-0.2, -0.15) is 0 Å². The molecule has 0 bridgehead atoms. The van der Waals surface area contributed by atoms with Crippen molar-refractivity contribution in [3.05, 3.63) is 54.1 Å². The molecule has 26 heavy (non-hydrogen) atoms. The van der Waals surface area contributed by atoms with E-state index in [9.17, 15) is 4.79 Å². The molecule has 0 spiro atoms. The predicted octanol–water partition coefficient (Wildman–Crippen LogP) is 1.82. The lowest BCUT2D eigenvalue weighted by atomic mass is 9.95. The van der Waals surface area contributed by atoms with E-state index in [0.29, 0.717) is 43.5 Å². The van der Waals surface area contributed by atoms with Crippen molar-refractivity contribution < 1.29 is 14.3 Å². The number of amides is 1. The zero-order valence-corrected chi connectivity index (χ0v) is 14.6. The molecule has 4 rings (SSSR count). The summed E-state index contributed by atoms with van der Waals surface area (Å²) >= 11 is 0. The van der Waals surface area contributed by atoms with Gasteiger partial charge in [0.15, 0.2) is 11.5 Å². The lowest BCUT2D eigenvalue weighted by Crippen LogP contribution is -2.33. The minimum absolute atomic E-state index is 0.0412. The standard InChI is InChI=1S/C20H23N3O3/c21-17-12-23(11-16(17)14-4-2-1-3-5-14)13-20(24)22-15-6-7-18-19(10-15)26-9-8-25-18/h1-7,10,16-17H,8-9,11-13,21H2,(H,22,24)/t16-,17+/m0/s1. The van der Waals surface area contributed by atoms with Crippen molar-refractivity contribution in [1.29, 1.82) is 0 Å². The second kappa shape index (κ2) is 7.35. The second-order valence-electron chi connectivity index (χ2n) is 6.78. The van der Waals surface area contributed by atoms with Crippen LogP contribution in [-0.4, -0.2) is 49.7 Å². The lowest BCUT2D eigenvalue weighted by molar-refractivity contribution is -0.117. The Bertz CT molecular complexity index is 781. The number of anilines is 1. The van der Waals surface area contributed by atoms with Gasteiger partial charge in [-0.15, -0.1) is 0 Å². The van der Waals surface area contributed by atoms with Gasteiger partial charge in [-0.3, -0.25) is 9.69 Å². The fraction of sp³-hybridized carbons (Fsp3) is 0.350. The Morgan fingerprint density at radius 2 is 1.85 bits per heavy atom. The van der Waals surface area contributed by atoms with Crippen LogP contribution < -0.4 is 20.5 Å². The van der Waals surface area contributed by atoms with E-state index in [-0.39, 0.29) is 17.9 Å². The minimum atomic E-state index is -0.0532. The van der Waals surface area contributed by atoms with Gasteiger partial charge < -0.3 is 20.5 Å². The van der Waals surface area contributed by atoms with E-state index >= 15 is 0 Å². The first kappa shape index (κ1) is 16.9. The molecular formula is C20H23N3O3. The number of hydrogen-bond acceptors (Lipinski definition) is 5. The number of nitrogens with one attached hydrogen (secondary N) is 1. The number of hydrogen-bond donors (Lipinski definition) is 2. The number of carbonyl (C=O) groups is 1. The van der Waals surface area contributed by atoms with Gasteiger partial charge in [0.25, 0.3) is 0 Å². The van der Waals surface area contributed by atoms with Crippen LogP contribution in [0.2, 0.25) is 0 Å². The van der Waals surface area contributed by atoms with Gasteiger partial charge in [0.05, 0.1) is 6.54 Å². The molecule has 0 radical (unpaired) electrons. The Morgan fingerprint density at radius 1 is 1.08 bits per heavy atom. The highest BCUT2D eigenvalue weighted by atomic mass is 16.6. The van der Waals surface area contributed by atoms with Crippen LogP contribution in [0.25, 0.3) is 0 Å². The van der Waals surface area contributed by atoms with Crippen LogP contribution in [0, 0.1) is 0 Å². The summed E-state index contributed by atoms with van der Waals surface area (Å²) in [6.45, 7) is 2.91. The highest BCUT2D eigenvalue weighted by molar-refractivity contribution is 5.92. The molecule has 2 heterocycles. The third-order valence-corrected chi connectivity index (χ3v) is 4.86. The van der Waals surface area contributed by atoms with Crippen LogP contribution in [-0.2, 0) is 4.79 Å². The van der Waals surface area contributed by atoms with Crippen LogP contribution in [0.4, 0.5) is 5.69 Å². The summed E-state index contributed by atoms with van der Waals surface area (Å²) in [4.78, 5) is 14.5. The number of fused-ring (bicyclic) bond motifs is 1. The first-order valence-corrected chi connectivity index (χ1v) is 8.91. The first-order valence-electron chi connectivity index (χ1n) is 8.91. The van der Waals surface area contributed by atoms with Crippen molar-refractivity contribution in [2.75, 3.05) is 38.2 Å². The topological polar surface area (TPSA) is 76.8 Å². The van der Waals surface area contributed by atoms with Gasteiger partial charge >= 0.3 is 0 Å². The molecule has 6 nitrogen and oxygen atoms in total. The number of nitrogens with zero attached hydrogens (tertiary/aromatic N) is 1. The third kappa shape index (κ3) is 3.66. The summed E-state index contributed by atoms with van der Waals surface area (Å²) in [5.74, 6) is 1.59. The van der Waals surface area contributed by atoms with Gasteiger partial charge in [0, 0.05) is 36.8 Å². The quantitative estimate of drug-likeness (QED) is 0.877. The Balaban J connectivity index is 1.35. The molecule has 3 N–H and O–H groups in total. The smallest absolute Gasteiger partial charge is 0.238 e. The molecule has 2 aromatic rings. The summed E-state index contributed by atoms with van der Waals surface area (Å²) in [5.41, 5.74) is 8.24. The maximum Gasteiger partial charge on any atom is 0.238 e. The molecule has 136 valence electrons. The molecule has 2 atom stereocenters. The average molecular weight is 353 g/mol. The molecule has 6 heteroatoms. The van der Waals surface area contributed by atoms with Gasteiger partial charge in [0.2, 0.25) is 5.91 Å². The summed E-state index contributed by atoms with van der Waals surface area (Å²) in [6, 6.07) is 15.7. The molecule has 1 amide bonds. The van der Waals surface area contributed by atoms with Gasteiger partial charge in [0.1, 0.15) is 13.2 Å². The van der Waals surface area contributed by atoms with Crippen LogP contribution in [0.15, 0.2) is 48.5 Å². The molecule has 1 saturated heterocycles. The van der Waals surface area contributed by atoms with Gasteiger partial charge in [-0.1, -0.05) is 30.3 Å². The Labute approximate surface area is 152 Å². The largest absolute Gasteiger partial charge is 0.486 e. The SMILES string of the molecule is N[C@@H]1CN(CC(=O)Nc2ccc3c(c2)OCCO3)C[C@H]1c1ccccc1. The zero-order chi connectivity index (χ0) is 17.9. The molecule has 0 unspecified atom stereocenters. The highest BCUT2D eigenvalue weighted by Crippen LogP contribution is 2.32. The molecule has 2 aliphatic heterocycles. The number of likely N-dealkylation sites (tertiary alicyclic amines) is 1.